The molecule has 0 bridgehead atoms. The molecule has 0 spiro atoms. The van der Waals surface area contributed by atoms with Gasteiger partial charge in [0.05, 0.1) is 0 Å². The van der Waals surface area contributed by atoms with E-state index in [0.29, 0.717) is 0 Å². The number of ether oxygens (including phenoxy) is 1. The lowest BCUT2D eigenvalue weighted by molar-refractivity contribution is -0.0107. The number of carbonyl (C=O) groups excluding carboxylic acids is 1. The number of alkyl carbamates (subject to hydrolysis) is 1. The Kier molecular flexibility index (Phi) is 6.35. The van der Waals surface area contributed by atoms with Gasteiger partial charge in [0.1, 0.15) is 5.60 Å². The molecule has 0 aliphatic rings. The number of nitrogens with one attached hydrogen (secondary N) is 1. The van der Waals surface area contributed by atoms with Crippen molar-refractivity contribution in [2.24, 2.45) is 10.8 Å². The molecule has 126 valence electrons. The second kappa shape index (κ2) is 6.58. The number of hydrogen-bond acceptors (Lipinski definition) is 2. The van der Waals surface area contributed by atoms with E-state index in [1.165, 1.54) is 0 Å². The Morgan fingerprint density at radius 2 is 1.29 bits per heavy atom. The van der Waals surface area contributed by atoms with Crippen LogP contribution in [0.3, 0.4) is 0 Å². The molecule has 0 saturated carbocycles. The smallest absolute Gasteiger partial charge is 0.408 e. The molecule has 0 saturated heterocycles. The average molecular weight is 299 g/mol. The minimum absolute atomic E-state index is 0.131. The van der Waals surface area contributed by atoms with Crippen LogP contribution < -0.4 is 5.32 Å². The van der Waals surface area contributed by atoms with Gasteiger partial charge in [0.25, 0.3) is 0 Å². The first-order chi connectivity index (χ1) is 9.08. The molecule has 21 heavy (non-hydrogen) atoms. The zero-order valence-corrected chi connectivity index (χ0v) is 15.9. The molecule has 1 amide bonds. The normalized spacial score (nSPS) is 16.3. The van der Waals surface area contributed by atoms with E-state index in [4.69, 9.17) is 4.74 Å². The van der Waals surface area contributed by atoms with Gasteiger partial charge in [-0.1, -0.05) is 48.5 Å². The monoisotopic (exact) mass is 299 g/mol. The fourth-order valence-corrected chi connectivity index (χ4v) is 3.25. The largest absolute Gasteiger partial charge is 0.443 e. The molecular formula is C18H37NO2. The summed E-state index contributed by atoms with van der Waals surface area (Å²) in [5.41, 5.74) is -0.395. The summed E-state index contributed by atoms with van der Waals surface area (Å²) in [6.45, 7) is 21.2. The Morgan fingerprint density at radius 3 is 1.62 bits per heavy atom. The lowest BCUT2D eigenvalue weighted by atomic mass is 9.81. The van der Waals surface area contributed by atoms with Gasteiger partial charge in [0, 0.05) is 5.54 Å². The second-order valence-electron chi connectivity index (χ2n) is 9.68. The van der Waals surface area contributed by atoms with Crippen LogP contribution in [-0.4, -0.2) is 17.2 Å². The molecule has 0 aromatic carbocycles. The summed E-state index contributed by atoms with van der Waals surface area (Å²) in [5.74, 6) is 0. The third-order valence-corrected chi connectivity index (χ3v) is 3.40. The highest BCUT2D eigenvalue weighted by Gasteiger charge is 2.34. The van der Waals surface area contributed by atoms with Gasteiger partial charge in [0.2, 0.25) is 0 Å². The number of carbonyl (C=O) groups is 1. The standard InChI is InChI=1S/C18H37NO2/c1-11-18(10,13-16(5,6)7)21-14(20)19-17(8,9)12-15(2,3)4/h11-13H2,1-10H3,(H,19,20). The zero-order valence-electron chi connectivity index (χ0n) is 15.9. The first kappa shape index (κ1) is 20.3. The summed E-state index contributed by atoms with van der Waals surface area (Å²) in [4.78, 5) is 12.3. The molecule has 0 aliphatic carbocycles. The van der Waals surface area contributed by atoms with Crippen molar-refractivity contribution >= 4 is 6.09 Å². The fourth-order valence-electron chi connectivity index (χ4n) is 3.25. The summed E-state index contributed by atoms with van der Waals surface area (Å²) in [7, 11) is 0. The van der Waals surface area contributed by atoms with Crippen molar-refractivity contribution in [2.45, 2.75) is 99.6 Å². The molecule has 0 radical (unpaired) electrons. The molecule has 3 heteroatoms. The first-order valence-electron chi connectivity index (χ1n) is 8.09. The lowest BCUT2D eigenvalue weighted by Crippen LogP contribution is -2.49. The van der Waals surface area contributed by atoms with E-state index in [-0.39, 0.29) is 22.5 Å². The van der Waals surface area contributed by atoms with Crippen LogP contribution in [0.5, 0.6) is 0 Å². The SMILES string of the molecule is CCC(C)(CC(C)(C)C)OC(=O)NC(C)(C)CC(C)(C)C. The van der Waals surface area contributed by atoms with Gasteiger partial charge in [-0.15, -0.1) is 0 Å². The molecule has 1 N–H and O–H groups in total. The zero-order chi connectivity index (χ0) is 17.1. The second-order valence-corrected chi connectivity index (χ2v) is 9.68. The molecule has 1 atom stereocenters. The predicted molar refractivity (Wildman–Crippen MR) is 90.5 cm³/mol. The maximum Gasteiger partial charge on any atom is 0.408 e. The Morgan fingerprint density at radius 1 is 0.857 bits per heavy atom. The van der Waals surface area contributed by atoms with Crippen LogP contribution in [0.1, 0.15) is 88.5 Å². The fraction of sp³-hybridized carbons (Fsp3) is 0.944. The third kappa shape index (κ3) is 9.76. The molecular weight excluding hydrogens is 262 g/mol. The minimum Gasteiger partial charge on any atom is -0.443 e. The van der Waals surface area contributed by atoms with Crippen LogP contribution in [0.25, 0.3) is 0 Å². The lowest BCUT2D eigenvalue weighted by Gasteiger charge is -2.37. The van der Waals surface area contributed by atoms with Gasteiger partial charge in [0.15, 0.2) is 0 Å². The summed E-state index contributed by atoms with van der Waals surface area (Å²) < 4.78 is 5.76. The van der Waals surface area contributed by atoms with E-state index in [0.717, 1.165) is 19.3 Å². The van der Waals surface area contributed by atoms with Crippen molar-refractivity contribution < 1.29 is 9.53 Å². The van der Waals surface area contributed by atoms with E-state index in [2.05, 4.69) is 53.8 Å². The first-order valence-corrected chi connectivity index (χ1v) is 8.09. The maximum atomic E-state index is 12.3. The van der Waals surface area contributed by atoms with Crippen LogP contribution in [0, 0.1) is 10.8 Å². The van der Waals surface area contributed by atoms with Crippen molar-refractivity contribution in [1.29, 1.82) is 0 Å². The van der Waals surface area contributed by atoms with E-state index < -0.39 is 5.60 Å². The molecule has 3 nitrogen and oxygen atoms in total. The van der Waals surface area contributed by atoms with Gasteiger partial charge >= 0.3 is 6.09 Å². The van der Waals surface area contributed by atoms with Crippen molar-refractivity contribution in [3.05, 3.63) is 0 Å². The van der Waals surface area contributed by atoms with Crippen LogP contribution in [0.15, 0.2) is 0 Å². The van der Waals surface area contributed by atoms with Crippen LogP contribution >= 0.6 is 0 Å². The van der Waals surface area contributed by atoms with Gasteiger partial charge in [-0.05, 0) is 50.9 Å². The van der Waals surface area contributed by atoms with E-state index in [1.807, 2.05) is 20.8 Å². The van der Waals surface area contributed by atoms with Gasteiger partial charge in [-0.3, -0.25) is 0 Å². The Labute approximate surface area is 132 Å². The van der Waals surface area contributed by atoms with E-state index in [9.17, 15) is 4.79 Å². The predicted octanol–water partition coefficient (Wildman–Crippen LogP) is 5.53. The van der Waals surface area contributed by atoms with Crippen molar-refractivity contribution in [1.82, 2.24) is 5.32 Å². The topological polar surface area (TPSA) is 38.3 Å². The summed E-state index contributed by atoms with van der Waals surface area (Å²) >= 11 is 0. The van der Waals surface area contributed by atoms with Gasteiger partial charge < -0.3 is 10.1 Å². The molecule has 0 rings (SSSR count). The highest BCUT2D eigenvalue weighted by molar-refractivity contribution is 5.68. The number of amides is 1. The summed E-state index contributed by atoms with van der Waals surface area (Å²) in [5, 5.41) is 3.03. The molecule has 1 unspecified atom stereocenters. The summed E-state index contributed by atoms with van der Waals surface area (Å²) in [6, 6.07) is 0. The minimum atomic E-state index is -0.417. The van der Waals surface area contributed by atoms with Crippen molar-refractivity contribution in [2.75, 3.05) is 0 Å². The van der Waals surface area contributed by atoms with Crippen molar-refractivity contribution in [3.8, 4) is 0 Å². The molecule has 0 aliphatic heterocycles. The third-order valence-electron chi connectivity index (χ3n) is 3.40. The Hall–Kier alpha value is -0.730. The van der Waals surface area contributed by atoms with Crippen LogP contribution in [-0.2, 0) is 4.74 Å². The highest BCUT2D eigenvalue weighted by atomic mass is 16.6. The molecule has 0 aromatic rings. The number of hydrogen-bond donors (Lipinski definition) is 1. The van der Waals surface area contributed by atoms with Crippen molar-refractivity contribution in [3.63, 3.8) is 0 Å². The number of rotatable bonds is 5. The Bertz CT molecular complexity index is 347. The maximum absolute atomic E-state index is 12.3. The highest BCUT2D eigenvalue weighted by Crippen LogP contribution is 2.33. The van der Waals surface area contributed by atoms with Gasteiger partial charge in [-0.2, -0.15) is 0 Å². The van der Waals surface area contributed by atoms with Gasteiger partial charge in [-0.25, -0.2) is 4.79 Å². The quantitative estimate of drug-likeness (QED) is 0.724. The van der Waals surface area contributed by atoms with Crippen LogP contribution in [0.4, 0.5) is 4.79 Å². The Balaban J connectivity index is 4.73. The van der Waals surface area contributed by atoms with E-state index >= 15 is 0 Å². The molecule has 0 heterocycles. The summed E-state index contributed by atoms with van der Waals surface area (Å²) in [6.07, 6.45) is 2.26. The average Bonchev–Trinajstić information content (AvgIpc) is 2.08. The van der Waals surface area contributed by atoms with Crippen LogP contribution in [0.2, 0.25) is 0 Å². The molecule has 0 aromatic heterocycles. The van der Waals surface area contributed by atoms with E-state index in [1.54, 1.807) is 0 Å². The molecule has 0 fully saturated rings.